The Hall–Kier alpha value is -0.120. The summed E-state index contributed by atoms with van der Waals surface area (Å²) in [5, 5.41) is 13.7. The molecule has 80 valence electrons. The first kappa shape index (κ1) is 9.13. The van der Waals surface area contributed by atoms with Crippen LogP contribution >= 0.6 is 0 Å². The van der Waals surface area contributed by atoms with E-state index in [0.29, 0.717) is 0 Å². The van der Waals surface area contributed by atoms with Crippen molar-refractivity contribution in [3.8, 4) is 0 Å². The second kappa shape index (κ2) is 2.18. The number of nitrogens with one attached hydrogen (secondary N) is 1. The zero-order valence-electron chi connectivity index (χ0n) is 9.30. The molecule has 1 aliphatic carbocycles. The minimum atomic E-state index is -0.0973. The van der Waals surface area contributed by atoms with Gasteiger partial charge in [0.25, 0.3) is 0 Å². The standard InChI is InChI=1S/C11H20N2O/c1-9-4-12-5-11(9)8(14)10(11,2)7-13(3)6-9/h8,12,14H,4-7H2,1-3H3. The first-order valence-corrected chi connectivity index (χ1v) is 5.54. The molecule has 2 saturated heterocycles. The summed E-state index contributed by atoms with van der Waals surface area (Å²) in [6.45, 7) is 8.81. The fourth-order valence-electron chi connectivity index (χ4n) is 4.59. The van der Waals surface area contributed by atoms with Gasteiger partial charge in [0.2, 0.25) is 0 Å². The van der Waals surface area contributed by atoms with Gasteiger partial charge >= 0.3 is 0 Å². The van der Waals surface area contributed by atoms with Gasteiger partial charge < -0.3 is 15.3 Å². The smallest absolute Gasteiger partial charge is 0.0694 e. The van der Waals surface area contributed by atoms with E-state index in [1.165, 1.54) is 0 Å². The third-order valence-electron chi connectivity index (χ3n) is 5.22. The quantitative estimate of drug-likeness (QED) is 0.568. The van der Waals surface area contributed by atoms with Crippen LogP contribution in [0.2, 0.25) is 0 Å². The van der Waals surface area contributed by atoms with Gasteiger partial charge in [-0.05, 0) is 7.05 Å². The number of nitrogens with zero attached hydrogens (tertiary/aromatic N) is 1. The summed E-state index contributed by atoms with van der Waals surface area (Å²) in [4.78, 5) is 2.38. The largest absolute Gasteiger partial charge is 0.392 e. The molecule has 3 fully saturated rings. The topological polar surface area (TPSA) is 35.5 Å². The Bertz CT molecular complexity index is 295. The first-order valence-electron chi connectivity index (χ1n) is 5.54. The number of aliphatic hydroxyl groups excluding tert-OH is 1. The molecule has 1 saturated carbocycles. The Balaban J connectivity index is 2.06. The Morgan fingerprint density at radius 2 is 2.00 bits per heavy atom. The van der Waals surface area contributed by atoms with Crippen LogP contribution in [0.15, 0.2) is 0 Å². The van der Waals surface area contributed by atoms with E-state index in [2.05, 4.69) is 31.1 Å². The summed E-state index contributed by atoms with van der Waals surface area (Å²) in [7, 11) is 2.17. The van der Waals surface area contributed by atoms with Crippen LogP contribution in [-0.4, -0.2) is 49.3 Å². The molecule has 3 rings (SSSR count). The van der Waals surface area contributed by atoms with Crippen LogP contribution in [0.4, 0.5) is 0 Å². The predicted octanol–water partition coefficient (Wildman–Crippen LogP) is -0.0915. The van der Waals surface area contributed by atoms with Crippen molar-refractivity contribution in [1.82, 2.24) is 10.2 Å². The summed E-state index contributed by atoms with van der Waals surface area (Å²) < 4.78 is 0. The molecule has 3 nitrogen and oxygen atoms in total. The first-order chi connectivity index (χ1) is 6.46. The van der Waals surface area contributed by atoms with Crippen molar-refractivity contribution in [2.24, 2.45) is 16.2 Å². The van der Waals surface area contributed by atoms with Crippen LogP contribution in [-0.2, 0) is 0 Å². The van der Waals surface area contributed by atoms with Gasteiger partial charge in [-0.25, -0.2) is 0 Å². The highest BCUT2D eigenvalue weighted by atomic mass is 16.3. The summed E-state index contributed by atoms with van der Waals surface area (Å²) >= 11 is 0. The highest BCUT2D eigenvalue weighted by molar-refractivity contribution is 5.32. The van der Waals surface area contributed by atoms with Crippen LogP contribution in [0.25, 0.3) is 0 Å². The molecule has 2 aliphatic heterocycles. The lowest BCUT2D eigenvalue weighted by Crippen LogP contribution is -2.49. The van der Waals surface area contributed by atoms with Gasteiger partial charge in [-0.15, -0.1) is 0 Å². The van der Waals surface area contributed by atoms with E-state index in [-0.39, 0.29) is 22.3 Å². The Morgan fingerprint density at radius 3 is 2.71 bits per heavy atom. The molecule has 4 unspecified atom stereocenters. The van der Waals surface area contributed by atoms with Gasteiger partial charge in [-0.3, -0.25) is 0 Å². The van der Waals surface area contributed by atoms with Crippen molar-refractivity contribution in [3.63, 3.8) is 0 Å². The molecule has 0 bridgehead atoms. The van der Waals surface area contributed by atoms with Gasteiger partial charge in [0.15, 0.2) is 0 Å². The lowest BCUT2D eigenvalue weighted by molar-refractivity contribution is 0.0469. The number of piperidine rings is 1. The Morgan fingerprint density at radius 1 is 1.29 bits per heavy atom. The SMILES string of the molecule is CN1CC2(C)CNCC23C(O)C3(C)C1. The lowest BCUT2D eigenvalue weighted by atomic mass is 9.69. The summed E-state index contributed by atoms with van der Waals surface area (Å²) in [5.74, 6) is 0. The van der Waals surface area contributed by atoms with Crippen molar-refractivity contribution in [2.45, 2.75) is 20.0 Å². The number of likely N-dealkylation sites (tertiary alicyclic amines) is 1. The maximum atomic E-state index is 10.3. The van der Waals surface area contributed by atoms with Crippen LogP contribution in [0.1, 0.15) is 13.8 Å². The molecule has 4 atom stereocenters. The van der Waals surface area contributed by atoms with E-state index >= 15 is 0 Å². The van der Waals surface area contributed by atoms with Gasteiger partial charge in [0.05, 0.1) is 6.10 Å². The lowest BCUT2D eigenvalue weighted by Gasteiger charge is -2.43. The van der Waals surface area contributed by atoms with E-state index < -0.39 is 0 Å². The van der Waals surface area contributed by atoms with Gasteiger partial charge in [-0.2, -0.15) is 0 Å². The molecule has 0 aromatic rings. The maximum absolute atomic E-state index is 10.3. The molecular formula is C11H20N2O. The minimum Gasteiger partial charge on any atom is -0.392 e. The third-order valence-corrected chi connectivity index (χ3v) is 5.22. The monoisotopic (exact) mass is 196 g/mol. The van der Waals surface area contributed by atoms with Crippen LogP contribution in [0.5, 0.6) is 0 Å². The van der Waals surface area contributed by atoms with E-state index in [4.69, 9.17) is 0 Å². The highest BCUT2D eigenvalue weighted by Crippen LogP contribution is 2.74. The van der Waals surface area contributed by atoms with Gasteiger partial charge in [-0.1, -0.05) is 13.8 Å². The normalized spacial score (nSPS) is 62.1. The van der Waals surface area contributed by atoms with Crippen molar-refractivity contribution < 1.29 is 5.11 Å². The van der Waals surface area contributed by atoms with Crippen LogP contribution < -0.4 is 5.32 Å². The molecule has 2 N–H and O–H groups in total. The van der Waals surface area contributed by atoms with Crippen molar-refractivity contribution in [3.05, 3.63) is 0 Å². The predicted molar refractivity (Wildman–Crippen MR) is 55.0 cm³/mol. The van der Waals surface area contributed by atoms with E-state index in [0.717, 1.165) is 26.2 Å². The van der Waals surface area contributed by atoms with Gasteiger partial charge in [0, 0.05) is 42.4 Å². The molecule has 0 amide bonds. The Labute approximate surface area is 85.5 Å². The van der Waals surface area contributed by atoms with E-state index in [1.807, 2.05) is 0 Å². The van der Waals surface area contributed by atoms with Gasteiger partial charge in [0.1, 0.15) is 0 Å². The van der Waals surface area contributed by atoms with E-state index in [1.54, 1.807) is 0 Å². The minimum absolute atomic E-state index is 0.0973. The van der Waals surface area contributed by atoms with Crippen molar-refractivity contribution in [1.29, 1.82) is 0 Å². The maximum Gasteiger partial charge on any atom is 0.0694 e. The fourth-order valence-corrected chi connectivity index (χ4v) is 4.59. The average molecular weight is 196 g/mol. The van der Waals surface area contributed by atoms with Crippen molar-refractivity contribution >= 4 is 0 Å². The average Bonchev–Trinajstić information content (AvgIpc) is 2.42. The zero-order chi connectivity index (χ0) is 10.2. The zero-order valence-corrected chi connectivity index (χ0v) is 9.30. The number of rotatable bonds is 0. The molecule has 1 spiro atoms. The molecular weight excluding hydrogens is 176 g/mol. The molecule has 14 heavy (non-hydrogen) atoms. The molecule has 0 aromatic carbocycles. The molecule has 2 heterocycles. The fraction of sp³-hybridized carbons (Fsp3) is 1.00. The summed E-state index contributed by atoms with van der Waals surface area (Å²) in [6, 6.07) is 0. The second-order valence-electron chi connectivity index (χ2n) is 6.13. The van der Waals surface area contributed by atoms with E-state index in [9.17, 15) is 5.11 Å². The van der Waals surface area contributed by atoms with Crippen LogP contribution in [0, 0.1) is 16.2 Å². The molecule has 3 aliphatic rings. The van der Waals surface area contributed by atoms with Crippen molar-refractivity contribution in [2.75, 3.05) is 33.2 Å². The highest BCUT2D eigenvalue weighted by Gasteiger charge is 2.82. The Kier molecular flexibility index (Phi) is 1.42. The second-order valence-corrected chi connectivity index (χ2v) is 6.13. The molecule has 0 aromatic heterocycles. The summed E-state index contributed by atoms with van der Waals surface area (Å²) in [5.41, 5.74) is 0.582. The summed E-state index contributed by atoms with van der Waals surface area (Å²) in [6.07, 6.45) is -0.0973. The molecule has 3 heteroatoms. The number of hydrogen-bond acceptors (Lipinski definition) is 3. The number of aliphatic hydroxyl groups is 1. The number of hydrogen-bond donors (Lipinski definition) is 2. The molecule has 0 radical (unpaired) electrons. The third kappa shape index (κ3) is 0.668. The van der Waals surface area contributed by atoms with Crippen LogP contribution in [0.3, 0.4) is 0 Å².